The van der Waals surface area contributed by atoms with Crippen LogP contribution in [0.1, 0.15) is 37.6 Å². The van der Waals surface area contributed by atoms with E-state index in [1.54, 1.807) is 12.3 Å². The van der Waals surface area contributed by atoms with Crippen molar-refractivity contribution in [3.05, 3.63) is 44.9 Å². The zero-order valence-corrected chi connectivity index (χ0v) is 17.2. The van der Waals surface area contributed by atoms with Crippen LogP contribution in [0.4, 0.5) is 5.13 Å². The number of nitrogens with zero attached hydrogens (tertiary/aromatic N) is 1. The van der Waals surface area contributed by atoms with Gasteiger partial charge >= 0.3 is 0 Å². The van der Waals surface area contributed by atoms with Crippen molar-refractivity contribution in [2.45, 2.75) is 33.6 Å². The van der Waals surface area contributed by atoms with Crippen LogP contribution in [0.25, 0.3) is 0 Å². The van der Waals surface area contributed by atoms with Gasteiger partial charge in [-0.2, -0.15) is 0 Å². The molecule has 2 N–H and O–H groups in total. The summed E-state index contributed by atoms with van der Waals surface area (Å²) < 4.78 is 0. The molecule has 0 aliphatic carbocycles. The summed E-state index contributed by atoms with van der Waals surface area (Å²) in [5.74, 6) is -0.277. The SMILES string of the molecule is CC(C)(C)C(=O)NCCC(=O)Nc1ncc(Cc2cccc(Cl)c2Cl)s1. The summed E-state index contributed by atoms with van der Waals surface area (Å²) in [6, 6.07) is 5.49. The molecule has 2 rings (SSSR count). The summed E-state index contributed by atoms with van der Waals surface area (Å²) in [6.45, 7) is 5.77. The Morgan fingerprint density at radius 3 is 2.65 bits per heavy atom. The molecule has 0 aliphatic rings. The highest BCUT2D eigenvalue weighted by Gasteiger charge is 2.20. The van der Waals surface area contributed by atoms with Crippen molar-refractivity contribution in [2.75, 3.05) is 11.9 Å². The van der Waals surface area contributed by atoms with E-state index < -0.39 is 5.41 Å². The van der Waals surface area contributed by atoms with Crippen LogP contribution in [-0.4, -0.2) is 23.3 Å². The summed E-state index contributed by atoms with van der Waals surface area (Å²) in [5.41, 5.74) is 0.438. The van der Waals surface area contributed by atoms with Crippen LogP contribution < -0.4 is 10.6 Å². The van der Waals surface area contributed by atoms with Crippen LogP contribution in [0.3, 0.4) is 0 Å². The maximum Gasteiger partial charge on any atom is 0.227 e. The fraction of sp³-hybridized carbons (Fsp3) is 0.389. The molecule has 0 bridgehead atoms. The zero-order valence-electron chi connectivity index (χ0n) is 14.9. The fourth-order valence-electron chi connectivity index (χ4n) is 2.06. The molecule has 0 fully saturated rings. The lowest BCUT2D eigenvalue weighted by Gasteiger charge is -2.17. The Morgan fingerprint density at radius 2 is 1.96 bits per heavy atom. The van der Waals surface area contributed by atoms with Gasteiger partial charge in [-0.25, -0.2) is 4.98 Å². The van der Waals surface area contributed by atoms with Crippen LogP contribution in [0.5, 0.6) is 0 Å². The van der Waals surface area contributed by atoms with Crippen molar-refractivity contribution >= 4 is 51.5 Å². The first-order valence-electron chi connectivity index (χ1n) is 8.12. The number of halogens is 2. The predicted molar refractivity (Wildman–Crippen MR) is 107 cm³/mol. The Kier molecular flexibility index (Phi) is 7.03. The molecule has 140 valence electrons. The third-order valence-electron chi connectivity index (χ3n) is 3.51. The van der Waals surface area contributed by atoms with Gasteiger partial charge in [-0.1, -0.05) is 56.1 Å². The highest BCUT2D eigenvalue weighted by atomic mass is 35.5. The number of hydrogen-bond donors (Lipinski definition) is 2. The van der Waals surface area contributed by atoms with Crippen molar-refractivity contribution in [3.8, 4) is 0 Å². The van der Waals surface area contributed by atoms with Crippen LogP contribution in [0, 0.1) is 5.41 Å². The minimum atomic E-state index is -0.470. The first kappa shape index (κ1) is 20.7. The molecular formula is C18H21Cl2N3O2S. The maximum atomic E-state index is 12.0. The molecule has 0 saturated carbocycles. The number of carbonyl (C=O) groups is 2. The van der Waals surface area contributed by atoms with E-state index in [1.807, 2.05) is 32.9 Å². The largest absolute Gasteiger partial charge is 0.355 e. The predicted octanol–water partition coefficient (Wildman–Crippen LogP) is 4.53. The lowest BCUT2D eigenvalue weighted by molar-refractivity contribution is -0.128. The number of benzene rings is 1. The Bertz CT molecular complexity index is 800. The lowest BCUT2D eigenvalue weighted by Crippen LogP contribution is -2.36. The number of carbonyl (C=O) groups excluding carboxylic acids is 2. The van der Waals surface area contributed by atoms with Crippen molar-refractivity contribution in [1.82, 2.24) is 10.3 Å². The third-order valence-corrected chi connectivity index (χ3v) is 5.29. The van der Waals surface area contributed by atoms with Crippen molar-refractivity contribution in [2.24, 2.45) is 5.41 Å². The molecule has 1 aromatic heterocycles. The molecule has 0 aliphatic heterocycles. The van der Waals surface area contributed by atoms with Gasteiger partial charge in [-0.15, -0.1) is 11.3 Å². The molecule has 0 saturated heterocycles. The number of thiazole rings is 1. The van der Waals surface area contributed by atoms with Crippen LogP contribution in [0.15, 0.2) is 24.4 Å². The number of amides is 2. The number of anilines is 1. The van der Waals surface area contributed by atoms with Crippen LogP contribution in [0.2, 0.25) is 10.0 Å². The minimum absolute atomic E-state index is 0.0831. The van der Waals surface area contributed by atoms with Gasteiger partial charge in [0.15, 0.2) is 5.13 Å². The van der Waals surface area contributed by atoms with Gasteiger partial charge in [-0.05, 0) is 11.6 Å². The second kappa shape index (κ2) is 8.84. The molecule has 0 atom stereocenters. The number of hydrogen-bond acceptors (Lipinski definition) is 4. The molecule has 5 nitrogen and oxygen atoms in total. The van der Waals surface area contributed by atoms with Crippen molar-refractivity contribution in [1.29, 1.82) is 0 Å². The van der Waals surface area contributed by atoms with Gasteiger partial charge in [-0.3, -0.25) is 9.59 Å². The summed E-state index contributed by atoms with van der Waals surface area (Å²) in [6.07, 6.45) is 2.49. The summed E-state index contributed by atoms with van der Waals surface area (Å²) in [5, 5.41) is 7.05. The Morgan fingerprint density at radius 1 is 1.23 bits per heavy atom. The molecule has 1 heterocycles. The third kappa shape index (κ3) is 5.97. The molecule has 0 radical (unpaired) electrons. The molecule has 0 unspecified atom stereocenters. The minimum Gasteiger partial charge on any atom is -0.355 e. The first-order valence-corrected chi connectivity index (χ1v) is 9.70. The zero-order chi connectivity index (χ0) is 19.3. The van der Waals surface area contributed by atoms with E-state index >= 15 is 0 Å². The van der Waals surface area contributed by atoms with E-state index in [2.05, 4.69) is 15.6 Å². The van der Waals surface area contributed by atoms with Gasteiger partial charge in [0.2, 0.25) is 11.8 Å². The molecule has 1 aromatic carbocycles. The standard InChI is InChI=1S/C18H21Cl2N3O2S/c1-18(2,3)16(25)21-8-7-14(24)23-17-22-10-12(26-17)9-11-5-4-6-13(19)15(11)20/h4-6,10H,7-9H2,1-3H3,(H,21,25)(H,22,23,24). The second-order valence-corrected chi connectivity index (χ2v) is 8.73. The lowest BCUT2D eigenvalue weighted by atomic mass is 9.96. The molecule has 2 amide bonds. The van der Waals surface area contributed by atoms with E-state index in [1.165, 1.54) is 11.3 Å². The molecular weight excluding hydrogens is 393 g/mol. The first-order chi connectivity index (χ1) is 12.2. The smallest absolute Gasteiger partial charge is 0.227 e. The van der Waals surface area contributed by atoms with Gasteiger partial charge in [0.1, 0.15) is 0 Å². The average Bonchev–Trinajstić information content (AvgIpc) is 2.97. The average molecular weight is 414 g/mol. The van der Waals surface area contributed by atoms with Gasteiger partial charge in [0.25, 0.3) is 0 Å². The summed E-state index contributed by atoms with van der Waals surface area (Å²) in [7, 11) is 0. The van der Waals surface area contributed by atoms with Crippen LogP contribution in [-0.2, 0) is 16.0 Å². The second-order valence-electron chi connectivity index (χ2n) is 6.83. The topological polar surface area (TPSA) is 71.1 Å². The van der Waals surface area contributed by atoms with E-state index in [9.17, 15) is 9.59 Å². The molecule has 2 aromatic rings. The van der Waals surface area contributed by atoms with E-state index in [-0.39, 0.29) is 24.8 Å². The van der Waals surface area contributed by atoms with E-state index in [0.29, 0.717) is 21.6 Å². The van der Waals surface area contributed by atoms with Crippen molar-refractivity contribution < 1.29 is 9.59 Å². The Hall–Kier alpha value is -1.63. The van der Waals surface area contributed by atoms with Gasteiger partial charge in [0, 0.05) is 35.9 Å². The van der Waals surface area contributed by atoms with Crippen LogP contribution >= 0.6 is 34.5 Å². The normalized spacial score (nSPS) is 11.3. The monoisotopic (exact) mass is 413 g/mol. The molecule has 26 heavy (non-hydrogen) atoms. The highest BCUT2D eigenvalue weighted by molar-refractivity contribution is 7.15. The fourth-order valence-corrected chi connectivity index (χ4v) is 3.29. The summed E-state index contributed by atoms with van der Waals surface area (Å²) >= 11 is 13.6. The highest BCUT2D eigenvalue weighted by Crippen LogP contribution is 2.29. The van der Waals surface area contributed by atoms with Gasteiger partial charge in [0.05, 0.1) is 10.0 Å². The van der Waals surface area contributed by atoms with E-state index in [0.717, 1.165) is 10.4 Å². The maximum absolute atomic E-state index is 12.0. The van der Waals surface area contributed by atoms with Crippen molar-refractivity contribution in [3.63, 3.8) is 0 Å². The Labute approximate surface area is 167 Å². The number of nitrogens with one attached hydrogen (secondary N) is 2. The number of rotatable bonds is 6. The Balaban J connectivity index is 1.85. The summed E-state index contributed by atoms with van der Waals surface area (Å²) in [4.78, 5) is 28.9. The quantitative estimate of drug-likeness (QED) is 0.730. The molecule has 8 heteroatoms. The van der Waals surface area contributed by atoms with Gasteiger partial charge < -0.3 is 10.6 Å². The van der Waals surface area contributed by atoms with E-state index in [4.69, 9.17) is 23.2 Å². The molecule has 0 spiro atoms. The number of aromatic nitrogens is 1.